The molecule has 0 heterocycles. The topological polar surface area (TPSA) is 20.2 Å². The van der Waals surface area contributed by atoms with Crippen molar-refractivity contribution in [2.75, 3.05) is 0 Å². The van der Waals surface area contributed by atoms with Crippen LogP contribution in [0.4, 0.5) is 0 Å². The molecular weight excluding hydrogens is 134 g/mol. The monoisotopic (exact) mass is 142 g/mol. The number of para-hydroxylation sites is 1. The Kier molecular flexibility index (Phi) is 10.0. The van der Waals surface area contributed by atoms with E-state index in [1.807, 2.05) is 6.07 Å². The molecule has 3 heteroatoms. The maximum absolute atomic E-state index is 8.63. The maximum atomic E-state index is 8.63. The van der Waals surface area contributed by atoms with E-state index in [-0.39, 0.29) is 59.1 Å². The average molecular weight is 142 g/mol. The van der Waals surface area contributed by atoms with Crippen LogP contribution in [0.2, 0.25) is 0 Å². The molecule has 40 valence electrons. The summed E-state index contributed by atoms with van der Waals surface area (Å²) in [6.45, 7) is 0. The third-order valence-electron chi connectivity index (χ3n) is 0.756. The third kappa shape index (κ3) is 5.46. The van der Waals surface area contributed by atoms with Gasteiger partial charge in [0.05, 0.1) is 0 Å². The van der Waals surface area contributed by atoms with Gasteiger partial charge in [0.2, 0.25) is 0 Å². The van der Waals surface area contributed by atoms with Gasteiger partial charge in [-0.15, -0.1) is 0 Å². The second-order valence-corrected chi connectivity index (χ2v) is 1.34. The molecule has 0 aliphatic rings. The van der Waals surface area contributed by atoms with Crippen molar-refractivity contribution in [2.24, 2.45) is 0 Å². The quantitative estimate of drug-likeness (QED) is 0.509. The Morgan fingerprint density at radius 3 is 1.56 bits per heavy atom. The summed E-state index contributed by atoms with van der Waals surface area (Å²) in [6, 6.07) is 8.71. The zero-order valence-corrected chi connectivity index (χ0v) is 3.83. The Labute approximate surface area is 99.1 Å². The summed E-state index contributed by atoms with van der Waals surface area (Å²) >= 11 is 0. The molecule has 0 bridgehead atoms. The molecule has 0 aliphatic carbocycles. The second-order valence-electron chi connectivity index (χ2n) is 1.34. The molecule has 0 saturated carbocycles. The van der Waals surface area contributed by atoms with E-state index in [9.17, 15) is 0 Å². The van der Waals surface area contributed by atoms with Crippen LogP contribution in [0, 0.1) is 0 Å². The molecule has 0 unspecified atom stereocenters. The summed E-state index contributed by atoms with van der Waals surface area (Å²) in [6.07, 6.45) is 0. The van der Waals surface area contributed by atoms with Gasteiger partial charge in [-0.2, -0.15) is 0 Å². The van der Waals surface area contributed by atoms with Crippen molar-refractivity contribution in [3.63, 3.8) is 0 Å². The van der Waals surface area contributed by atoms with Crippen LogP contribution in [-0.2, 0) is 0 Å². The van der Waals surface area contributed by atoms with Crippen LogP contribution in [0.3, 0.4) is 0 Å². The summed E-state index contributed by atoms with van der Waals surface area (Å²) in [5.74, 6) is 0.322. The molecule has 0 spiro atoms. The summed E-state index contributed by atoms with van der Waals surface area (Å²) in [5.41, 5.74) is 0. The van der Waals surface area contributed by atoms with Crippen molar-refractivity contribution in [1.29, 1.82) is 0 Å². The Morgan fingerprint density at radius 1 is 0.889 bits per heavy atom. The number of phenols is 1. The molecule has 1 rings (SSSR count). The van der Waals surface area contributed by atoms with E-state index >= 15 is 0 Å². The number of hydrogen-bond donors (Lipinski definition) is 1. The van der Waals surface area contributed by atoms with Gasteiger partial charge in [-0.3, -0.25) is 0 Å². The van der Waals surface area contributed by atoms with Crippen LogP contribution < -0.4 is 0 Å². The van der Waals surface area contributed by atoms with Crippen LogP contribution in [0.5, 0.6) is 5.75 Å². The van der Waals surface area contributed by atoms with Gasteiger partial charge in [-0.05, 0) is 12.1 Å². The molecule has 1 aromatic carbocycles. The molecule has 1 aromatic rings. The van der Waals surface area contributed by atoms with Crippen LogP contribution >= 0.6 is 0 Å². The van der Waals surface area contributed by atoms with Gasteiger partial charge in [0.1, 0.15) is 5.75 Å². The molecule has 0 aliphatic heterocycles. The van der Waals surface area contributed by atoms with Crippen LogP contribution in [0.15, 0.2) is 30.3 Å². The first-order valence-electron chi connectivity index (χ1n) is 2.13. The molecule has 9 heavy (non-hydrogen) atoms. The number of rotatable bonds is 0. The molecule has 0 fully saturated rings. The summed E-state index contributed by atoms with van der Waals surface area (Å²) in [5, 5.41) is 8.63. The minimum absolute atomic E-state index is 0. The minimum atomic E-state index is 0. The Morgan fingerprint density at radius 2 is 1.33 bits per heavy atom. The molecule has 0 saturated heterocycles. The SMILES string of the molecule is Oc1ccccc1.[NaH].[NaH]. The molecule has 0 atom stereocenters. The van der Waals surface area contributed by atoms with Gasteiger partial charge in [-0.25, -0.2) is 0 Å². The standard InChI is InChI=1S/C6H6O.2Na.2H/c7-6-4-2-1-3-5-6;;;;/h1-5,7H;;;;. The normalized spacial score (nSPS) is 6.67. The fourth-order valence-electron chi connectivity index (χ4n) is 0.428. The molecule has 0 aromatic heterocycles. The van der Waals surface area contributed by atoms with E-state index in [4.69, 9.17) is 5.11 Å². The zero-order valence-electron chi connectivity index (χ0n) is 3.83. The average Bonchev–Trinajstić information content (AvgIpc) is 1.69. The number of aromatic hydroxyl groups is 1. The van der Waals surface area contributed by atoms with Crippen molar-refractivity contribution in [3.05, 3.63) is 30.3 Å². The zero-order chi connectivity index (χ0) is 5.11. The second kappa shape index (κ2) is 7.13. The molecule has 1 N–H and O–H groups in total. The van der Waals surface area contributed by atoms with E-state index in [1.165, 1.54) is 0 Å². The van der Waals surface area contributed by atoms with Gasteiger partial charge in [-0.1, -0.05) is 18.2 Å². The number of phenolic OH excluding ortho intramolecular Hbond substituents is 1. The first-order valence-corrected chi connectivity index (χ1v) is 2.13. The van der Waals surface area contributed by atoms with E-state index in [1.54, 1.807) is 24.3 Å². The van der Waals surface area contributed by atoms with E-state index in [2.05, 4.69) is 0 Å². The van der Waals surface area contributed by atoms with Gasteiger partial charge in [0, 0.05) is 0 Å². The van der Waals surface area contributed by atoms with E-state index in [0.717, 1.165) is 0 Å². The number of hydrogen-bond acceptors (Lipinski definition) is 1. The predicted molar refractivity (Wildman–Crippen MR) is 42.4 cm³/mol. The van der Waals surface area contributed by atoms with Gasteiger partial charge in [0.15, 0.2) is 0 Å². The fourth-order valence-corrected chi connectivity index (χ4v) is 0.428. The van der Waals surface area contributed by atoms with Crippen molar-refractivity contribution in [2.45, 2.75) is 0 Å². The van der Waals surface area contributed by atoms with Crippen molar-refractivity contribution in [1.82, 2.24) is 0 Å². The predicted octanol–water partition coefficient (Wildman–Crippen LogP) is 0.0952. The molecule has 0 amide bonds. The van der Waals surface area contributed by atoms with Crippen molar-refractivity contribution >= 4 is 59.1 Å². The fraction of sp³-hybridized carbons (Fsp3) is 0. The van der Waals surface area contributed by atoms with E-state index in [0.29, 0.717) is 5.75 Å². The Hall–Kier alpha value is 1.02. The molecule has 0 radical (unpaired) electrons. The van der Waals surface area contributed by atoms with Crippen molar-refractivity contribution < 1.29 is 5.11 Å². The summed E-state index contributed by atoms with van der Waals surface area (Å²) in [7, 11) is 0. The summed E-state index contributed by atoms with van der Waals surface area (Å²) in [4.78, 5) is 0. The van der Waals surface area contributed by atoms with Crippen LogP contribution in [0.25, 0.3) is 0 Å². The van der Waals surface area contributed by atoms with Crippen molar-refractivity contribution in [3.8, 4) is 5.75 Å². The Bertz CT molecular complexity index is 141. The van der Waals surface area contributed by atoms with Gasteiger partial charge in [0.25, 0.3) is 0 Å². The van der Waals surface area contributed by atoms with E-state index < -0.39 is 0 Å². The molecular formula is C6H8Na2O. The third-order valence-corrected chi connectivity index (χ3v) is 0.756. The first-order chi connectivity index (χ1) is 3.39. The number of benzene rings is 1. The van der Waals surface area contributed by atoms with Crippen LogP contribution in [-0.4, -0.2) is 64.2 Å². The molecule has 1 nitrogen and oxygen atoms in total. The van der Waals surface area contributed by atoms with Gasteiger partial charge >= 0.3 is 59.1 Å². The summed E-state index contributed by atoms with van der Waals surface area (Å²) < 4.78 is 0. The Balaban J connectivity index is 0. The first kappa shape index (κ1) is 12.7. The van der Waals surface area contributed by atoms with Crippen LogP contribution in [0.1, 0.15) is 0 Å². The van der Waals surface area contributed by atoms with Gasteiger partial charge < -0.3 is 5.11 Å².